The maximum Gasteiger partial charge on any atom is 0.253 e. The lowest BCUT2D eigenvalue weighted by Crippen LogP contribution is -2.45. The van der Waals surface area contributed by atoms with Crippen molar-refractivity contribution < 1.29 is 9.53 Å². The molecule has 0 bridgehead atoms. The summed E-state index contributed by atoms with van der Waals surface area (Å²) in [5, 5.41) is 10.0. The second-order valence-corrected chi connectivity index (χ2v) is 10.2. The Kier molecular flexibility index (Phi) is 7.44. The molecule has 1 amide bonds. The molecule has 38 heavy (non-hydrogen) atoms. The number of methoxy groups -OCH3 is 1. The normalized spacial score (nSPS) is 14.3. The van der Waals surface area contributed by atoms with Gasteiger partial charge in [0.25, 0.3) is 5.91 Å². The molecule has 0 saturated carbocycles. The van der Waals surface area contributed by atoms with Crippen LogP contribution < -0.4 is 4.90 Å². The van der Waals surface area contributed by atoms with Crippen LogP contribution in [0.1, 0.15) is 21.5 Å². The number of nitrogens with zero attached hydrogens (tertiary/aromatic N) is 5. The van der Waals surface area contributed by atoms with E-state index in [9.17, 15) is 4.79 Å². The molecule has 3 heterocycles. The van der Waals surface area contributed by atoms with Gasteiger partial charge in [-0.3, -0.25) is 4.79 Å². The maximum atomic E-state index is 12.7. The van der Waals surface area contributed by atoms with Gasteiger partial charge in [-0.25, -0.2) is 0 Å². The first-order chi connectivity index (χ1) is 18.4. The van der Waals surface area contributed by atoms with Crippen LogP contribution in [0.5, 0.6) is 0 Å². The fourth-order valence-corrected chi connectivity index (χ4v) is 5.28. The lowest BCUT2D eigenvalue weighted by atomic mass is 9.99. The van der Waals surface area contributed by atoms with Gasteiger partial charge < -0.3 is 24.4 Å². The minimum atomic E-state index is -0.0218. The highest BCUT2D eigenvalue weighted by atomic mass is 16.5. The second kappa shape index (κ2) is 10.9. The first kappa shape index (κ1) is 25.9. The molecule has 1 aliphatic rings. The van der Waals surface area contributed by atoms with Crippen LogP contribution in [0.3, 0.4) is 0 Å². The zero-order valence-corrected chi connectivity index (χ0v) is 22.9. The summed E-state index contributed by atoms with van der Waals surface area (Å²) in [6, 6.07) is 14.3. The predicted molar refractivity (Wildman–Crippen MR) is 153 cm³/mol. The first-order valence-corrected chi connectivity index (χ1v) is 13.1. The molecule has 2 aromatic heterocycles. The maximum absolute atomic E-state index is 12.7. The molecule has 8 heteroatoms. The van der Waals surface area contributed by atoms with Crippen molar-refractivity contribution in [3.05, 3.63) is 65.4 Å². The fourth-order valence-electron chi connectivity index (χ4n) is 5.28. The van der Waals surface area contributed by atoms with Gasteiger partial charge >= 0.3 is 0 Å². The number of ether oxygens (including phenoxy) is 1. The van der Waals surface area contributed by atoms with Gasteiger partial charge in [-0.2, -0.15) is 0 Å². The highest BCUT2D eigenvalue weighted by Crippen LogP contribution is 2.34. The van der Waals surface area contributed by atoms with Gasteiger partial charge in [0.15, 0.2) is 5.65 Å². The molecule has 8 nitrogen and oxygen atoms in total. The summed E-state index contributed by atoms with van der Waals surface area (Å²) >= 11 is 0. The van der Waals surface area contributed by atoms with Crippen LogP contribution in [0.15, 0.2) is 48.7 Å². The number of amides is 1. The highest BCUT2D eigenvalue weighted by Gasteiger charge is 2.19. The number of piperazine rings is 1. The van der Waals surface area contributed by atoms with E-state index in [1.165, 1.54) is 16.8 Å². The minimum Gasteiger partial charge on any atom is -0.383 e. The number of H-pyrrole nitrogens is 1. The largest absolute Gasteiger partial charge is 0.383 e. The van der Waals surface area contributed by atoms with Crippen molar-refractivity contribution in [3.63, 3.8) is 0 Å². The van der Waals surface area contributed by atoms with E-state index in [1.807, 2.05) is 30.5 Å². The molecule has 5 rings (SSSR count). The van der Waals surface area contributed by atoms with Crippen molar-refractivity contribution in [2.45, 2.75) is 13.8 Å². The zero-order valence-electron chi connectivity index (χ0n) is 22.9. The third-order valence-corrected chi connectivity index (χ3v) is 7.46. The number of carbonyl (C=O) groups is 1. The zero-order chi connectivity index (χ0) is 26.8. The predicted octanol–water partition coefficient (Wildman–Crippen LogP) is 4.38. The molecular weight excluding hydrogens is 476 g/mol. The number of hydrogen-bond acceptors (Lipinski definition) is 6. The number of hydrogen-bond donors (Lipinski definition) is 1. The average molecular weight is 513 g/mol. The van der Waals surface area contributed by atoms with E-state index in [-0.39, 0.29) is 5.91 Å². The van der Waals surface area contributed by atoms with Gasteiger partial charge in [-0.05, 0) is 67.9 Å². The standard InChI is InChI=1S/C30H36N6O2/c1-20-16-24(17-21(2)28(20)36-12-10-34(3)11-13-36)27-18-25-26(19-31-29(25)33-32-27)22-6-8-23(9-7-22)30(37)35(4)14-15-38-5/h6-9,16-19H,10-15H2,1-5H3,(H,31,33). The monoisotopic (exact) mass is 512 g/mol. The summed E-state index contributed by atoms with van der Waals surface area (Å²) in [6.07, 6.45) is 1.96. The van der Waals surface area contributed by atoms with Crippen molar-refractivity contribution >= 4 is 22.6 Å². The molecule has 1 saturated heterocycles. The Hall–Kier alpha value is -3.75. The molecule has 0 spiro atoms. The molecule has 0 aliphatic carbocycles. The SMILES string of the molecule is COCCN(C)C(=O)c1ccc(-c2c[nH]c3nnc(-c4cc(C)c(N5CCN(C)CC5)c(C)c4)cc23)cc1. The number of rotatable bonds is 7. The van der Waals surface area contributed by atoms with Crippen molar-refractivity contribution in [2.75, 3.05) is 65.4 Å². The quantitative estimate of drug-likeness (QED) is 0.396. The van der Waals surface area contributed by atoms with Crippen molar-refractivity contribution in [1.82, 2.24) is 25.0 Å². The second-order valence-electron chi connectivity index (χ2n) is 10.2. The van der Waals surface area contributed by atoms with E-state index in [4.69, 9.17) is 4.74 Å². The highest BCUT2D eigenvalue weighted by molar-refractivity contribution is 5.97. The number of aromatic nitrogens is 3. The van der Waals surface area contributed by atoms with Crippen LogP contribution in [0, 0.1) is 13.8 Å². The van der Waals surface area contributed by atoms with Crippen LogP contribution in [-0.4, -0.2) is 91.4 Å². The van der Waals surface area contributed by atoms with E-state index in [1.54, 1.807) is 19.1 Å². The van der Waals surface area contributed by atoms with E-state index >= 15 is 0 Å². The number of nitrogens with one attached hydrogen (secondary N) is 1. The molecule has 0 unspecified atom stereocenters. The summed E-state index contributed by atoms with van der Waals surface area (Å²) in [4.78, 5) is 22.5. The van der Waals surface area contributed by atoms with Crippen LogP contribution in [0.2, 0.25) is 0 Å². The van der Waals surface area contributed by atoms with Crippen LogP contribution in [0.4, 0.5) is 5.69 Å². The Labute approximate surface area is 224 Å². The molecule has 1 aliphatic heterocycles. The topological polar surface area (TPSA) is 77.6 Å². The first-order valence-electron chi connectivity index (χ1n) is 13.1. The van der Waals surface area contributed by atoms with Crippen molar-refractivity contribution in [1.29, 1.82) is 0 Å². The third kappa shape index (κ3) is 5.14. The Bertz CT molecular complexity index is 1410. The molecule has 0 atom stereocenters. The van der Waals surface area contributed by atoms with Crippen molar-refractivity contribution in [3.8, 4) is 22.4 Å². The van der Waals surface area contributed by atoms with Gasteiger partial charge in [0, 0.05) is 80.8 Å². The smallest absolute Gasteiger partial charge is 0.253 e. The number of benzene rings is 2. The summed E-state index contributed by atoms with van der Waals surface area (Å²) in [6.45, 7) is 9.69. The summed E-state index contributed by atoms with van der Waals surface area (Å²) in [5.74, 6) is -0.0218. The van der Waals surface area contributed by atoms with Crippen molar-refractivity contribution in [2.24, 2.45) is 0 Å². The fraction of sp³-hybridized carbons (Fsp3) is 0.367. The molecule has 198 valence electrons. The number of aryl methyl sites for hydroxylation is 2. The molecule has 1 N–H and O–H groups in total. The third-order valence-electron chi connectivity index (χ3n) is 7.46. The summed E-state index contributed by atoms with van der Waals surface area (Å²) in [5.41, 5.74) is 9.22. The number of aromatic amines is 1. The van der Waals surface area contributed by atoms with E-state index in [0.717, 1.165) is 59.6 Å². The molecule has 0 radical (unpaired) electrons. The lowest BCUT2D eigenvalue weighted by molar-refractivity contribution is 0.0744. The van der Waals surface area contributed by atoms with Gasteiger partial charge in [0.2, 0.25) is 0 Å². The Morgan fingerprint density at radius 1 is 1.00 bits per heavy atom. The Balaban J connectivity index is 1.42. The Morgan fingerprint density at radius 3 is 2.34 bits per heavy atom. The van der Waals surface area contributed by atoms with Gasteiger partial charge in [-0.1, -0.05) is 12.1 Å². The van der Waals surface area contributed by atoms with E-state index in [0.29, 0.717) is 18.7 Å². The van der Waals surface area contributed by atoms with Crippen LogP contribution >= 0.6 is 0 Å². The van der Waals surface area contributed by atoms with Gasteiger partial charge in [0.1, 0.15) is 0 Å². The van der Waals surface area contributed by atoms with Crippen LogP contribution in [-0.2, 0) is 4.74 Å². The lowest BCUT2D eigenvalue weighted by Gasteiger charge is -2.36. The van der Waals surface area contributed by atoms with Gasteiger partial charge in [0.05, 0.1) is 12.3 Å². The number of anilines is 1. The van der Waals surface area contributed by atoms with E-state index < -0.39 is 0 Å². The number of fused-ring (bicyclic) bond motifs is 1. The molecule has 4 aromatic rings. The van der Waals surface area contributed by atoms with E-state index in [2.05, 4.69) is 64.1 Å². The number of likely N-dealkylation sites (N-methyl/N-ethyl adjacent to an activating group) is 2. The molecule has 1 fully saturated rings. The van der Waals surface area contributed by atoms with Gasteiger partial charge in [-0.15, -0.1) is 10.2 Å². The number of carbonyl (C=O) groups excluding carboxylic acids is 1. The average Bonchev–Trinajstić information content (AvgIpc) is 3.35. The summed E-state index contributed by atoms with van der Waals surface area (Å²) < 4.78 is 5.09. The molecule has 2 aromatic carbocycles. The Morgan fingerprint density at radius 2 is 1.68 bits per heavy atom. The molecular formula is C30H36N6O2. The summed E-state index contributed by atoms with van der Waals surface area (Å²) in [7, 11) is 5.60. The van der Waals surface area contributed by atoms with Crippen LogP contribution in [0.25, 0.3) is 33.4 Å². The minimum absolute atomic E-state index is 0.0218.